The highest BCUT2D eigenvalue weighted by Gasteiger charge is 2.28. The molecule has 1 fully saturated rings. The molecule has 0 bridgehead atoms. The van der Waals surface area contributed by atoms with Crippen LogP contribution in [0, 0.1) is 5.92 Å². The summed E-state index contributed by atoms with van der Waals surface area (Å²) in [5.41, 5.74) is 0.200. The molecular formula is C20H23N3O3. The van der Waals surface area contributed by atoms with Crippen LogP contribution in [0.5, 0.6) is 5.75 Å². The molecule has 1 atom stereocenters. The summed E-state index contributed by atoms with van der Waals surface area (Å²) in [7, 11) is 0. The Morgan fingerprint density at radius 2 is 2.19 bits per heavy atom. The number of anilines is 1. The normalized spacial score (nSPS) is 22.9. The lowest BCUT2D eigenvalue weighted by Gasteiger charge is -2.27. The Kier molecular flexibility index (Phi) is 4.65. The molecule has 2 heterocycles. The molecular weight excluding hydrogens is 330 g/mol. The molecule has 2 N–H and O–H groups in total. The van der Waals surface area contributed by atoms with Crippen LogP contribution < -0.4 is 15.4 Å². The molecule has 0 spiro atoms. The minimum atomic E-state index is -1.19. The summed E-state index contributed by atoms with van der Waals surface area (Å²) in [5, 5.41) is 6.24. The molecule has 2 aliphatic rings. The quantitative estimate of drug-likeness (QED) is 0.770. The Bertz CT molecular complexity index is 836. The number of benzene rings is 1. The van der Waals surface area contributed by atoms with E-state index in [1.54, 1.807) is 36.6 Å². The number of aromatic nitrogens is 1. The SMILES string of the molecule is O=CC1(Oc2ccc3nc(NCC4CCCCC4)oc3c2)C=CC=CN1. The molecule has 0 saturated heterocycles. The first kappa shape index (κ1) is 16.7. The molecule has 136 valence electrons. The highest BCUT2D eigenvalue weighted by molar-refractivity contribution is 5.76. The monoisotopic (exact) mass is 353 g/mol. The van der Waals surface area contributed by atoms with Crippen LogP contribution in [0.25, 0.3) is 11.1 Å². The zero-order valence-corrected chi connectivity index (χ0v) is 14.6. The largest absolute Gasteiger partial charge is 0.457 e. The van der Waals surface area contributed by atoms with Gasteiger partial charge in [-0.15, -0.1) is 0 Å². The molecule has 26 heavy (non-hydrogen) atoms. The van der Waals surface area contributed by atoms with Gasteiger partial charge in [-0.2, -0.15) is 4.98 Å². The summed E-state index contributed by atoms with van der Waals surface area (Å²) in [6.45, 7) is 0.894. The zero-order valence-electron chi connectivity index (χ0n) is 14.6. The predicted octanol–water partition coefficient (Wildman–Crippen LogP) is 3.77. The molecule has 1 aliphatic carbocycles. The Hall–Kier alpha value is -2.76. The number of carbonyl (C=O) groups is 1. The fourth-order valence-electron chi connectivity index (χ4n) is 3.50. The number of aldehydes is 1. The first-order valence-corrected chi connectivity index (χ1v) is 9.18. The third-order valence-corrected chi connectivity index (χ3v) is 4.95. The second-order valence-corrected chi connectivity index (χ2v) is 6.91. The van der Waals surface area contributed by atoms with Gasteiger partial charge in [0.2, 0.25) is 0 Å². The van der Waals surface area contributed by atoms with Crippen LogP contribution in [0.15, 0.2) is 47.0 Å². The average Bonchev–Trinajstić information content (AvgIpc) is 3.10. The highest BCUT2D eigenvalue weighted by Crippen LogP contribution is 2.28. The first-order valence-electron chi connectivity index (χ1n) is 9.18. The van der Waals surface area contributed by atoms with Gasteiger partial charge in [-0.3, -0.25) is 4.79 Å². The first-order chi connectivity index (χ1) is 12.8. The van der Waals surface area contributed by atoms with Gasteiger partial charge in [0.1, 0.15) is 11.3 Å². The molecule has 1 saturated carbocycles. The van der Waals surface area contributed by atoms with Crippen molar-refractivity contribution in [3.8, 4) is 5.75 Å². The van der Waals surface area contributed by atoms with Crippen molar-refractivity contribution in [3.05, 3.63) is 42.6 Å². The zero-order chi connectivity index (χ0) is 17.8. The van der Waals surface area contributed by atoms with Crippen molar-refractivity contribution in [3.63, 3.8) is 0 Å². The minimum Gasteiger partial charge on any atom is -0.457 e. The summed E-state index contributed by atoms with van der Waals surface area (Å²) >= 11 is 0. The second-order valence-electron chi connectivity index (χ2n) is 6.91. The van der Waals surface area contributed by atoms with Crippen molar-refractivity contribution in [2.45, 2.75) is 37.8 Å². The van der Waals surface area contributed by atoms with E-state index >= 15 is 0 Å². The number of dihydropyridines is 1. The van der Waals surface area contributed by atoms with Crippen LogP contribution in [0.2, 0.25) is 0 Å². The van der Waals surface area contributed by atoms with Gasteiger partial charge in [0.25, 0.3) is 11.7 Å². The van der Waals surface area contributed by atoms with Gasteiger partial charge in [-0.1, -0.05) is 25.3 Å². The van der Waals surface area contributed by atoms with E-state index in [-0.39, 0.29) is 0 Å². The molecule has 0 amide bonds. The number of hydrogen-bond acceptors (Lipinski definition) is 6. The van der Waals surface area contributed by atoms with Crippen LogP contribution in [0.3, 0.4) is 0 Å². The molecule has 1 unspecified atom stereocenters. The number of ether oxygens (including phenoxy) is 1. The molecule has 0 radical (unpaired) electrons. The van der Waals surface area contributed by atoms with Crippen molar-refractivity contribution in [2.24, 2.45) is 5.92 Å². The third-order valence-electron chi connectivity index (χ3n) is 4.95. The Labute approximate surface area is 152 Å². The standard InChI is InChI=1S/C20H23N3O3/c24-14-20(10-4-5-11-22-20)26-16-8-9-17-18(12-16)25-19(23-17)21-13-15-6-2-1-3-7-15/h4-5,8-12,14-15,22H,1-3,6-7,13H2,(H,21,23). The fraction of sp³-hybridized carbons (Fsp3) is 0.400. The fourth-order valence-corrected chi connectivity index (χ4v) is 3.50. The van der Waals surface area contributed by atoms with Gasteiger partial charge in [-0.25, -0.2) is 0 Å². The summed E-state index contributed by atoms with van der Waals surface area (Å²) in [6, 6.07) is 5.91. The molecule has 1 aliphatic heterocycles. The average molecular weight is 353 g/mol. The second kappa shape index (κ2) is 7.23. The maximum atomic E-state index is 11.5. The van der Waals surface area contributed by atoms with Gasteiger partial charge in [0.05, 0.1) is 0 Å². The van der Waals surface area contributed by atoms with Crippen molar-refractivity contribution in [1.82, 2.24) is 10.3 Å². The van der Waals surface area contributed by atoms with Gasteiger partial charge in [0, 0.05) is 18.8 Å². The number of allylic oxidation sites excluding steroid dienone is 2. The Morgan fingerprint density at radius 3 is 2.96 bits per heavy atom. The van der Waals surface area contributed by atoms with E-state index in [4.69, 9.17) is 9.15 Å². The Balaban J connectivity index is 1.46. The number of nitrogens with zero attached hydrogens (tertiary/aromatic N) is 1. The van der Waals surface area contributed by atoms with E-state index in [2.05, 4.69) is 15.6 Å². The van der Waals surface area contributed by atoms with E-state index < -0.39 is 5.72 Å². The summed E-state index contributed by atoms with van der Waals surface area (Å²) < 4.78 is 11.7. The molecule has 1 aromatic carbocycles. The van der Waals surface area contributed by atoms with Gasteiger partial charge in [0.15, 0.2) is 11.9 Å². The molecule has 2 aromatic rings. The van der Waals surface area contributed by atoms with E-state index in [1.165, 1.54) is 32.1 Å². The topological polar surface area (TPSA) is 76.4 Å². The van der Waals surface area contributed by atoms with Crippen molar-refractivity contribution in [1.29, 1.82) is 0 Å². The van der Waals surface area contributed by atoms with Crippen molar-refractivity contribution >= 4 is 23.4 Å². The number of fused-ring (bicyclic) bond motifs is 1. The van der Waals surface area contributed by atoms with Gasteiger partial charge >= 0.3 is 0 Å². The number of rotatable bonds is 6. The van der Waals surface area contributed by atoms with E-state index in [0.717, 1.165) is 18.3 Å². The van der Waals surface area contributed by atoms with Gasteiger partial charge in [-0.05, 0) is 43.0 Å². The molecule has 6 heteroatoms. The van der Waals surface area contributed by atoms with Crippen LogP contribution in [-0.2, 0) is 4.79 Å². The number of hydrogen-bond donors (Lipinski definition) is 2. The number of carbonyl (C=O) groups excluding carboxylic acids is 1. The minimum absolute atomic E-state index is 0.534. The predicted molar refractivity (Wildman–Crippen MR) is 99.9 cm³/mol. The van der Waals surface area contributed by atoms with E-state index in [9.17, 15) is 4.79 Å². The van der Waals surface area contributed by atoms with Gasteiger partial charge < -0.3 is 19.8 Å². The van der Waals surface area contributed by atoms with Crippen molar-refractivity contribution < 1.29 is 13.9 Å². The third kappa shape index (κ3) is 3.59. The van der Waals surface area contributed by atoms with Crippen LogP contribution >= 0.6 is 0 Å². The lowest BCUT2D eigenvalue weighted by atomic mass is 9.89. The number of oxazole rings is 1. The van der Waals surface area contributed by atoms with Crippen LogP contribution in [0.4, 0.5) is 6.01 Å². The lowest BCUT2D eigenvalue weighted by molar-refractivity contribution is -0.119. The highest BCUT2D eigenvalue weighted by atomic mass is 16.5. The van der Waals surface area contributed by atoms with Crippen LogP contribution in [-0.4, -0.2) is 23.5 Å². The Morgan fingerprint density at radius 1 is 1.31 bits per heavy atom. The van der Waals surface area contributed by atoms with E-state index in [0.29, 0.717) is 23.3 Å². The van der Waals surface area contributed by atoms with E-state index in [1.807, 2.05) is 6.07 Å². The summed E-state index contributed by atoms with van der Waals surface area (Å²) in [5.74, 6) is 1.23. The molecule has 4 rings (SSSR count). The molecule has 1 aromatic heterocycles. The van der Waals surface area contributed by atoms with Crippen LogP contribution in [0.1, 0.15) is 32.1 Å². The summed E-state index contributed by atoms with van der Waals surface area (Å²) in [4.78, 5) is 15.9. The van der Waals surface area contributed by atoms with Crippen molar-refractivity contribution in [2.75, 3.05) is 11.9 Å². The lowest BCUT2D eigenvalue weighted by Crippen LogP contribution is -2.48. The molecule has 6 nitrogen and oxygen atoms in total. The summed E-state index contributed by atoms with van der Waals surface area (Å²) in [6.07, 6.45) is 14.2. The number of nitrogens with one attached hydrogen (secondary N) is 2. The maximum Gasteiger partial charge on any atom is 0.295 e. The maximum absolute atomic E-state index is 11.5. The smallest absolute Gasteiger partial charge is 0.295 e.